The molecule has 0 saturated heterocycles. The summed E-state index contributed by atoms with van der Waals surface area (Å²) in [5.41, 5.74) is 0.997. The maximum Gasteiger partial charge on any atom is 0.253 e. The van der Waals surface area contributed by atoms with Crippen molar-refractivity contribution < 1.29 is 4.74 Å². The molecule has 0 amide bonds. The molecule has 0 aliphatic rings. The number of thiophene rings is 1. The average molecular weight is 420 g/mol. The second-order valence-corrected chi connectivity index (χ2v) is 7.79. The summed E-state index contributed by atoms with van der Waals surface area (Å²) < 4.78 is 6.82. The van der Waals surface area contributed by atoms with Gasteiger partial charge in [-0.2, -0.15) is 15.1 Å². The minimum Gasteiger partial charge on any atom is -0.495 e. The molecule has 0 fully saturated rings. The zero-order valence-corrected chi connectivity index (χ0v) is 16.9. The molecular weight excluding hydrogens is 405 g/mol. The lowest BCUT2D eigenvalue weighted by Gasteiger charge is -2.10. The van der Waals surface area contributed by atoms with Gasteiger partial charge in [0.05, 0.1) is 22.5 Å². The first-order valence-corrected chi connectivity index (χ1v) is 9.67. The minimum absolute atomic E-state index is 0.487. The third-order valence-electron chi connectivity index (χ3n) is 4.03. The maximum atomic E-state index is 6.50. The first kappa shape index (κ1) is 18.0. The van der Waals surface area contributed by atoms with Crippen molar-refractivity contribution in [3.63, 3.8) is 0 Å². The van der Waals surface area contributed by atoms with E-state index in [0.717, 1.165) is 20.7 Å². The predicted molar refractivity (Wildman–Crippen MR) is 110 cm³/mol. The zero-order chi connectivity index (χ0) is 19.0. The van der Waals surface area contributed by atoms with Gasteiger partial charge in [0.15, 0.2) is 0 Å². The zero-order valence-electron chi connectivity index (χ0n) is 14.5. The summed E-state index contributed by atoms with van der Waals surface area (Å²) in [7, 11) is 1.59. The van der Waals surface area contributed by atoms with Gasteiger partial charge in [-0.05, 0) is 30.7 Å². The van der Waals surface area contributed by atoms with E-state index in [0.29, 0.717) is 34.1 Å². The van der Waals surface area contributed by atoms with Crippen LogP contribution in [0, 0.1) is 6.92 Å². The number of benzene rings is 1. The molecule has 138 valence electrons. The van der Waals surface area contributed by atoms with Crippen LogP contribution in [-0.4, -0.2) is 26.9 Å². The van der Waals surface area contributed by atoms with E-state index in [-0.39, 0.29) is 0 Å². The normalized spacial score (nSPS) is 11.1. The molecule has 4 aromatic rings. The van der Waals surface area contributed by atoms with Gasteiger partial charge in [-0.3, -0.25) is 0 Å². The van der Waals surface area contributed by atoms with Crippen molar-refractivity contribution in [3.8, 4) is 11.7 Å². The highest BCUT2D eigenvalue weighted by atomic mass is 35.5. The average Bonchev–Trinajstić information content (AvgIpc) is 3.29. The van der Waals surface area contributed by atoms with Crippen molar-refractivity contribution in [2.75, 3.05) is 12.4 Å². The second kappa shape index (κ2) is 7.34. The molecule has 3 heterocycles. The lowest BCUT2D eigenvalue weighted by Crippen LogP contribution is -2.07. The number of halogens is 2. The number of rotatable bonds is 5. The Kier molecular flexibility index (Phi) is 4.90. The Hall–Kier alpha value is -2.35. The fourth-order valence-corrected chi connectivity index (χ4v) is 4.23. The Morgan fingerprint density at radius 2 is 2.11 bits per heavy atom. The van der Waals surface area contributed by atoms with E-state index in [4.69, 9.17) is 27.9 Å². The highest BCUT2D eigenvalue weighted by Crippen LogP contribution is 2.38. The lowest BCUT2D eigenvalue weighted by molar-refractivity contribution is 0.415. The van der Waals surface area contributed by atoms with Crippen LogP contribution in [0.5, 0.6) is 5.75 Å². The first-order chi connectivity index (χ1) is 13.1. The molecule has 3 aromatic heterocycles. The van der Waals surface area contributed by atoms with Gasteiger partial charge in [-0.25, -0.2) is 4.68 Å². The second-order valence-electron chi connectivity index (χ2n) is 5.80. The van der Waals surface area contributed by atoms with E-state index in [2.05, 4.69) is 20.4 Å². The number of hydrogen-bond acceptors (Lipinski definition) is 6. The highest BCUT2D eigenvalue weighted by molar-refractivity contribution is 7.19. The number of aryl methyl sites for hydroxylation is 1. The molecule has 0 bridgehead atoms. The van der Waals surface area contributed by atoms with Crippen LogP contribution in [0.4, 0.5) is 5.82 Å². The Bertz CT molecular complexity index is 1110. The molecule has 0 aliphatic heterocycles. The van der Waals surface area contributed by atoms with Crippen LogP contribution in [0.3, 0.4) is 0 Å². The van der Waals surface area contributed by atoms with Crippen LogP contribution < -0.4 is 10.1 Å². The van der Waals surface area contributed by atoms with Gasteiger partial charge in [-0.15, -0.1) is 11.3 Å². The number of anilines is 1. The van der Waals surface area contributed by atoms with Crippen molar-refractivity contribution >= 4 is 50.6 Å². The Morgan fingerprint density at radius 1 is 1.26 bits per heavy atom. The van der Waals surface area contributed by atoms with Crippen LogP contribution >= 0.6 is 34.5 Å². The summed E-state index contributed by atoms with van der Waals surface area (Å²) in [6.45, 7) is 2.49. The molecule has 27 heavy (non-hydrogen) atoms. The van der Waals surface area contributed by atoms with Crippen LogP contribution in [0.15, 0.2) is 36.7 Å². The summed E-state index contributed by atoms with van der Waals surface area (Å²) in [5, 5.41) is 9.61. The van der Waals surface area contributed by atoms with Crippen LogP contribution in [0.25, 0.3) is 16.2 Å². The summed E-state index contributed by atoms with van der Waals surface area (Å²) in [4.78, 5) is 11.0. The number of nitrogens with zero attached hydrogens (tertiary/aromatic N) is 4. The van der Waals surface area contributed by atoms with Gasteiger partial charge in [0.25, 0.3) is 5.95 Å². The SMILES string of the molecule is COc1ccc(CNc2nc(-n3cccn3)nc3sc(C)c(Cl)c23)cc1Cl. The standard InChI is InChI=1S/C18H15Cl2N5OS/c1-10-15(20)14-16(21-9-11-4-5-13(26-2)12(19)8-11)23-18(24-17(14)27-10)25-7-3-6-22-25/h3-8H,9H2,1-2H3,(H,21,23,24). The monoisotopic (exact) mass is 419 g/mol. The summed E-state index contributed by atoms with van der Waals surface area (Å²) in [6, 6.07) is 7.48. The lowest BCUT2D eigenvalue weighted by atomic mass is 10.2. The molecular formula is C18H15Cl2N5OS. The number of hydrogen-bond donors (Lipinski definition) is 1. The molecule has 1 aromatic carbocycles. The number of fused-ring (bicyclic) bond motifs is 1. The molecule has 0 spiro atoms. The van der Waals surface area contributed by atoms with Crippen LogP contribution in [0.2, 0.25) is 10.0 Å². The van der Waals surface area contributed by atoms with E-state index in [1.807, 2.05) is 31.2 Å². The third-order valence-corrected chi connectivity index (χ3v) is 5.91. The smallest absolute Gasteiger partial charge is 0.253 e. The van der Waals surface area contributed by atoms with E-state index in [9.17, 15) is 0 Å². The van der Waals surface area contributed by atoms with E-state index < -0.39 is 0 Å². The van der Waals surface area contributed by atoms with Crippen molar-refractivity contribution in [3.05, 3.63) is 57.1 Å². The van der Waals surface area contributed by atoms with Gasteiger partial charge in [0, 0.05) is 23.8 Å². The molecule has 1 N–H and O–H groups in total. The largest absolute Gasteiger partial charge is 0.495 e. The number of ether oxygens (including phenoxy) is 1. The van der Waals surface area contributed by atoms with Crippen LogP contribution in [0.1, 0.15) is 10.4 Å². The third kappa shape index (κ3) is 3.45. The molecule has 0 atom stereocenters. The Balaban J connectivity index is 1.72. The molecule has 9 heteroatoms. The number of methoxy groups -OCH3 is 1. The Morgan fingerprint density at radius 3 is 2.81 bits per heavy atom. The van der Waals surface area contributed by atoms with Gasteiger partial charge >= 0.3 is 0 Å². The number of nitrogens with one attached hydrogen (secondary N) is 1. The van der Waals surface area contributed by atoms with Crippen molar-refractivity contribution in [2.24, 2.45) is 0 Å². The molecule has 0 aliphatic carbocycles. The summed E-state index contributed by atoms with van der Waals surface area (Å²) in [5.74, 6) is 1.79. The molecule has 4 rings (SSSR count). The number of aromatic nitrogens is 4. The molecule has 0 unspecified atom stereocenters. The molecule has 0 radical (unpaired) electrons. The molecule has 0 saturated carbocycles. The molecule has 6 nitrogen and oxygen atoms in total. The summed E-state index contributed by atoms with van der Waals surface area (Å²) >= 11 is 14.3. The maximum absolute atomic E-state index is 6.50. The van der Waals surface area contributed by atoms with E-state index in [1.54, 1.807) is 24.2 Å². The van der Waals surface area contributed by atoms with Gasteiger partial charge in [0.2, 0.25) is 0 Å². The van der Waals surface area contributed by atoms with Crippen molar-refractivity contribution in [1.29, 1.82) is 0 Å². The van der Waals surface area contributed by atoms with Crippen molar-refractivity contribution in [2.45, 2.75) is 13.5 Å². The first-order valence-electron chi connectivity index (χ1n) is 8.09. The van der Waals surface area contributed by atoms with Gasteiger partial charge in [0.1, 0.15) is 16.4 Å². The van der Waals surface area contributed by atoms with E-state index in [1.165, 1.54) is 11.3 Å². The fraction of sp³-hybridized carbons (Fsp3) is 0.167. The topological polar surface area (TPSA) is 64.9 Å². The predicted octanol–water partition coefficient (Wildman–Crippen LogP) is 5.11. The Labute approximate surface area is 169 Å². The summed E-state index contributed by atoms with van der Waals surface area (Å²) in [6.07, 6.45) is 3.49. The van der Waals surface area contributed by atoms with E-state index >= 15 is 0 Å². The van der Waals surface area contributed by atoms with Gasteiger partial charge in [-0.1, -0.05) is 29.3 Å². The minimum atomic E-state index is 0.487. The quantitative estimate of drug-likeness (QED) is 0.486. The highest BCUT2D eigenvalue weighted by Gasteiger charge is 2.17. The van der Waals surface area contributed by atoms with Crippen LogP contribution in [-0.2, 0) is 6.54 Å². The van der Waals surface area contributed by atoms with Gasteiger partial charge < -0.3 is 10.1 Å². The van der Waals surface area contributed by atoms with Crippen molar-refractivity contribution in [1.82, 2.24) is 19.7 Å². The fourth-order valence-electron chi connectivity index (χ4n) is 2.69.